The minimum absolute atomic E-state index is 0.568. The number of benzene rings is 12. The number of para-hydroxylation sites is 4. The second kappa shape index (κ2) is 26.5. The van der Waals surface area contributed by atoms with E-state index in [2.05, 4.69) is 305 Å². The molecule has 12 nitrogen and oxygen atoms in total. The maximum atomic E-state index is 5.12. The molecule has 12 aromatic carbocycles. The lowest BCUT2D eigenvalue weighted by atomic mass is 10.0. The fraction of sp³-hybridized carbons (Fsp3) is 0. The molecular weight excluding hydrogens is 1350 g/mol. The summed E-state index contributed by atoms with van der Waals surface area (Å²) in [6, 6.07) is 124. The summed E-state index contributed by atoms with van der Waals surface area (Å²) in [4.78, 5) is 39.0. The largest absolute Gasteiger partial charge is 0.309 e. The highest BCUT2D eigenvalue weighted by Crippen LogP contribution is 2.43. The second-order valence-corrected chi connectivity index (χ2v) is 27.5. The highest BCUT2D eigenvalue weighted by atomic mass is 15.2. The second-order valence-electron chi connectivity index (χ2n) is 27.5. The van der Waals surface area contributed by atoms with Gasteiger partial charge in [0.15, 0.2) is 0 Å². The molecule has 0 saturated carbocycles. The molecule has 12 heteroatoms. The monoisotopic (exact) mass is 1410 g/mol. The van der Waals surface area contributed by atoms with Crippen molar-refractivity contribution in [3.8, 4) is 102 Å². The number of fused-ring (bicyclic) bond motifs is 13. The van der Waals surface area contributed by atoms with E-state index < -0.39 is 0 Å². The van der Waals surface area contributed by atoms with Gasteiger partial charge >= 0.3 is 0 Å². The minimum Gasteiger partial charge on any atom is -0.309 e. The normalized spacial score (nSPS) is 11.6. The van der Waals surface area contributed by atoms with Gasteiger partial charge in [0.05, 0.1) is 95.4 Å². The van der Waals surface area contributed by atoms with Crippen molar-refractivity contribution >= 4 is 98.0 Å². The van der Waals surface area contributed by atoms with Gasteiger partial charge in [-0.05, 0) is 190 Å². The molecule has 0 aliphatic carbocycles. The van der Waals surface area contributed by atoms with E-state index in [1.807, 2.05) is 84.9 Å². The van der Waals surface area contributed by atoms with E-state index in [0.717, 1.165) is 117 Å². The molecule has 110 heavy (non-hydrogen) atoms. The first-order chi connectivity index (χ1) is 54.5. The molecule has 514 valence electrons. The first kappa shape index (κ1) is 63.3. The average Bonchev–Trinajstić information content (AvgIpc) is 1.60. The highest BCUT2D eigenvalue weighted by molar-refractivity contribution is 6.15. The zero-order valence-electron chi connectivity index (χ0n) is 59.2. The van der Waals surface area contributed by atoms with Crippen LogP contribution in [0.3, 0.4) is 0 Å². The predicted molar refractivity (Wildman–Crippen MR) is 448 cm³/mol. The first-order valence-corrected chi connectivity index (χ1v) is 36.8. The van der Waals surface area contributed by atoms with Crippen molar-refractivity contribution < 1.29 is 0 Å². The Labute approximate surface area is 631 Å². The third-order valence-corrected chi connectivity index (χ3v) is 21.1. The molecule has 0 fully saturated rings. The Morgan fingerprint density at radius 3 is 0.900 bits per heavy atom. The Hall–Kier alpha value is -15.1. The van der Waals surface area contributed by atoms with E-state index in [9.17, 15) is 0 Å². The average molecular weight is 1410 g/mol. The van der Waals surface area contributed by atoms with Crippen LogP contribution < -0.4 is 0 Å². The third kappa shape index (κ3) is 10.9. The molecule has 0 saturated heterocycles. The summed E-state index contributed by atoms with van der Waals surface area (Å²) < 4.78 is 9.12. The Kier molecular flexibility index (Phi) is 15.2. The van der Waals surface area contributed by atoms with Gasteiger partial charge in [0.2, 0.25) is 11.9 Å². The van der Waals surface area contributed by atoms with Crippen molar-refractivity contribution in [2.24, 2.45) is 0 Å². The Balaban J connectivity index is 0.000000140. The fourth-order valence-electron chi connectivity index (χ4n) is 16.1. The third-order valence-electron chi connectivity index (χ3n) is 21.1. The van der Waals surface area contributed by atoms with Crippen LogP contribution >= 0.6 is 0 Å². The van der Waals surface area contributed by atoms with Gasteiger partial charge in [-0.3, -0.25) is 29.1 Å². The summed E-state index contributed by atoms with van der Waals surface area (Å²) in [6.07, 6.45) is 7.16. The summed E-state index contributed by atoms with van der Waals surface area (Å²) in [5, 5.41) is 11.9. The van der Waals surface area contributed by atoms with Crippen LogP contribution in [0.15, 0.2) is 377 Å². The molecule has 0 radical (unpaired) electrons. The van der Waals surface area contributed by atoms with Gasteiger partial charge in [0.25, 0.3) is 0 Å². The van der Waals surface area contributed by atoms with Gasteiger partial charge in [-0.2, -0.15) is 0 Å². The molecule has 0 unspecified atom stereocenters. The summed E-state index contributed by atoms with van der Waals surface area (Å²) in [5.74, 6) is 1.14. The van der Waals surface area contributed by atoms with Gasteiger partial charge in [0, 0.05) is 79.0 Å². The standard InChI is InChI=1S/C50H32N6.C48H30N6/c1-2-13-33(14-3-1)34-15-12-16-37(29-34)55-46-21-6-4-17-38(46)40-30-35(23-25-48(40)55)36-24-26-49-41(31-36)39-18-5-7-22-47(39)56(49)50-53-44(42-19-8-10-27-51-42)32-45(54-50)43-20-9-11-28-52-43;1-2-14-34-31(12-1)13-11-21-43(34)53-44-19-5-3-15-35(44)37-28-32(22-24-46(37)53)33-23-25-47-38(29-33)36-16-4-6-20-45(36)54(47)48-51-41(39-17-7-9-26-49-39)30-42(52-48)40-18-8-10-27-50-40/h1-32H;1-30H. The van der Waals surface area contributed by atoms with Gasteiger partial charge in [-0.25, -0.2) is 19.9 Å². The summed E-state index contributed by atoms with van der Waals surface area (Å²) >= 11 is 0. The van der Waals surface area contributed by atoms with Crippen molar-refractivity contribution in [1.29, 1.82) is 0 Å². The SMILES string of the molecule is c1ccc(-c2cc(-c3ccccn3)nc(-n3c4ccccc4c4cc(-c5ccc6c(c5)c5ccccc5n6-c5cccc6ccccc56)ccc43)n2)nc1.c1ccc(-c2cccc(-n3c4ccccc4c4cc(-c5ccc6c(c5)c5ccccc5n6-c5nc(-c6ccccn6)cc(-c6ccccn6)n5)ccc43)c2)cc1. The van der Waals surface area contributed by atoms with E-state index in [0.29, 0.717) is 11.9 Å². The zero-order chi connectivity index (χ0) is 72.6. The van der Waals surface area contributed by atoms with Crippen LogP contribution in [0.25, 0.3) is 200 Å². The molecule has 22 rings (SSSR count). The van der Waals surface area contributed by atoms with Crippen LogP contribution in [0.2, 0.25) is 0 Å². The maximum absolute atomic E-state index is 5.12. The number of aromatic nitrogens is 12. The van der Waals surface area contributed by atoms with Crippen molar-refractivity contribution in [2.45, 2.75) is 0 Å². The van der Waals surface area contributed by atoms with Gasteiger partial charge < -0.3 is 9.13 Å². The molecule has 0 N–H and O–H groups in total. The molecule has 22 aromatic rings. The van der Waals surface area contributed by atoms with Crippen molar-refractivity contribution in [3.63, 3.8) is 0 Å². The van der Waals surface area contributed by atoms with Crippen LogP contribution in [0.1, 0.15) is 0 Å². The Morgan fingerprint density at radius 1 is 0.173 bits per heavy atom. The van der Waals surface area contributed by atoms with Crippen LogP contribution in [0.4, 0.5) is 0 Å². The van der Waals surface area contributed by atoms with Gasteiger partial charge in [-0.15, -0.1) is 0 Å². The van der Waals surface area contributed by atoms with Crippen molar-refractivity contribution in [2.75, 3.05) is 0 Å². The van der Waals surface area contributed by atoms with Crippen LogP contribution in [0.5, 0.6) is 0 Å². The van der Waals surface area contributed by atoms with E-state index in [1.165, 1.54) is 71.2 Å². The lowest BCUT2D eigenvalue weighted by Gasteiger charge is -2.12. The summed E-state index contributed by atoms with van der Waals surface area (Å²) in [6.45, 7) is 0. The fourth-order valence-corrected chi connectivity index (χ4v) is 16.1. The van der Waals surface area contributed by atoms with Crippen LogP contribution in [0, 0.1) is 0 Å². The van der Waals surface area contributed by atoms with Gasteiger partial charge in [0.1, 0.15) is 0 Å². The molecule has 10 aromatic heterocycles. The molecule has 0 bridgehead atoms. The Morgan fingerprint density at radius 2 is 0.482 bits per heavy atom. The lowest BCUT2D eigenvalue weighted by Crippen LogP contribution is -2.04. The van der Waals surface area contributed by atoms with Crippen LogP contribution in [-0.4, -0.2) is 58.1 Å². The van der Waals surface area contributed by atoms with E-state index in [1.54, 1.807) is 24.8 Å². The molecular formula is C98H62N12. The van der Waals surface area contributed by atoms with Gasteiger partial charge in [-0.1, -0.05) is 200 Å². The molecule has 10 heterocycles. The minimum atomic E-state index is 0.568. The smallest absolute Gasteiger partial charge is 0.235 e. The maximum Gasteiger partial charge on any atom is 0.235 e. The molecule has 0 amide bonds. The van der Waals surface area contributed by atoms with Crippen molar-refractivity contribution in [1.82, 2.24) is 58.1 Å². The lowest BCUT2D eigenvalue weighted by molar-refractivity contribution is 0.988. The number of hydrogen-bond donors (Lipinski definition) is 0. The predicted octanol–water partition coefficient (Wildman–Crippen LogP) is 23.7. The number of hydrogen-bond acceptors (Lipinski definition) is 8. The highest BCUT2D eigenvalue weighted by Gasteiger charge is 2.23. The number of nitrogens with zero attached hydrogens (tertiary/aromatic N) is 12. The molecule has 0 aliphatic rings. The van der Waals surface area contributed by atoms with E-state index >= 15 is 0 Å². The van der Waals surface area contributed by atoms with Crippen molar-refractivity contribution in [3.05, 3.63) is 377 Å². The summed E-state index contributed by atoms with van der Waals surface area (Å²) in [7, 11) is 0. The molecule has 0 spiro atoms. The quantitative estimate of drug-likeness (QED) is 0.125. The number of rotatable bonds is 11. The van der Waals surface area contributed by atoms with Crippen LogP contribution in [-0.2, 0) is 0 Å². The molecule has 0 atom stereocenters. The van der Waals surface area contributed by atoms with E-state index in [4.69, 9.17) is 19.9 Å². The zero-order valence-corrected chi connectivity index (χ0v) is 59.2. The molecule has 0 aliphatic heterocycles. The number of pyridine rings is 4. The first-order valence-electron chi connectivity index (χ1n) is 36.8. The Bertz CT molecular complexity index is 7210. The topological polar surface area (TPSA) is 123 Å². The summed E-state index contributed by atoms with van der Waals surface area (Å²) in [5.41, 5.74) is 24.2. The van der Waals surface area contributed by atoms with E-state index in [-0.39, 0.29) is 0 Å².